The first kappa shape index (κ1) is 19.1. The molecule has 0 bridgehead atoms. The van der Waals surface area contributed by atoms with Crippen LogP contribution < -0.4 is 5.73 Å². The molecule has 2 aromatic heterocycles. The highest BCUT2D eigenvalue weighted by Gasteiger charge is 2.32. The predicted molar refractivity (Wildman–Crippen MR) is 99.1 cm³/mol. The number of nitrogens with two attached hydrogens (primary N) is 1. The van der Waals surface area contributed by atoms with Crippen molar-refractivity contribution in [2.24, 2.45) is 0 Å². The molecule has 3 N–H and O–H groups in total. The van der Waals surface area contributed by atoms with Gasteiger partial charge in [-0.15, -0.1) is 0 Å². The van der Waals surface area contributed by atoms with E-state index in [0.29, 0.717) is 11.6 Å². The number of fused-ring (bicyclic) bond motifs is 1. The number of nitrogens with zero attached hydrogens (tertiary/aromatic N) is 2. The molecular formula is C19H10ClF5N4. The van der Waals surface area contributed by atoms with E-state index in [0.717, 1.165) is 6.07 Å². The highest BCUT2D eigenvalue weighted by atomic mass is 35.5. The zero-order valence-electron chi connectivity index (χ0n) is 14.3. The molecule has 0 fully saturated rings. The minimum Gasteiger partial charge on any atom is -0.383 e. The largest absolute Gasteiger partial charge is 0.416 e. The second kappa shape index (κ2) is 6.70. The number of nitrogen functional groups attached to an aromatic ring is 1. The lowest BCUT2D eigenvalue weighted by Gasteiger charge is -2.11. The van der Waals surface area contributed by atoms with Crippen molar-refractivity contribution >= 4 is 28.5 Å². The van der Waals surface area contributed by atoms with Crippen LogP contribution in [0.25, 0.3) is 33.5 Å². The SMILES string of the molecule is Nc1nccc(-c2cc(F)ccc2Cl)c1-c1nc2c(F)cc(C(F)(F)F)cc2[nH]1. The first-order valence-electron chi connectivity index (χ1n) is 8.12. The summed E-state index contributed by atoms with van der Waals surface area (Å²) in [6.07, 6.45) is -3.37. The van der Waals surface area contributed by atoms with E-state index < -0.39 is 23.4 Å². The van der Waals surface area contributed by atoms with E-state index >= 15 is 0 Å². The van der Waals surface area contributed by atoms with E-state index in [2.05, 4.69) is 15.0 Å². The van der Waals surface area contributed by atoms with Gasteiger partial charge in [0.05, 0.1) is 16.6 Å². The number of H-pyrrole nitrogens is 1. The molecule has 4 aromatic rings. The van der Waals surface area contributed by atoms with E-state index in [4.69, 9.17) is 17.3 Å². The fraction of sp³-hybridized carbons (Fsp3) is 0.0526. The molecule has 0 radical (unpaired) electrons. The van der Waals surface area contributed by atoms with Crippen molar-refractivity contribution < 1.29 is 22.0 Å². The number of aromatic nitrogens is 3. The van der Waals surface area contributed by atoms with E-state index in [9.17, 15) is 22.0 Å². The molecule has 4 rings (SSSR count). The van der Waals surface area contributed by atoms with Gasteiger partial charge in [0.2, 0.25) is 0 Å². The molecular weight excluding hydrogens is 415 g/mol. The molecule has 0 unspecified atom stereocenters. The minimum absolute atomic E-state index is 0.0286. The zero-order chi connectivity index (χ0) is 20.9. The average molecular weight is 425 g/mol. The Bertz CT molecular complexity index is 1250. The number of aromatic amines is 1. The molecule has 0 saturated carbocycles. The maximum absolute atomic E-state index is 14.2. The molecule has 4 nitrogen and oxygen atoms in total. The van der Waals surface area contributed by atoms with Crippen LogP contribution in [0.2, 0.25) is 5.02 Å². The monoisotopic (exact) mass is 424 g/mol. The van der Waals surface area contributed by atoms with E-state index in [1.165, 1.54) is 30.5 Å². The number of nitrogens with one attached hydrogen (secondary N) is 1. The highest BCUT2D eigenvalue weighted by molar-refractivity contribution is 6.33. The van der Waals surface area contributed by atoms with Crippen molar-refractivity contribution in [2.45, 2.75) is 6.18 Å². The predicted octanol–water partition coefficient (Wildman–Crippen LogP) is 5.82. The number of alkyl halides is 3. The summed E-state index contributed by atoms with van der Waals surface area (Å²) >= 11 is 6.17. The second-order valence-corrected chi connectivity index (χ2v) is 6.59. The fourth-order valence-corrected chi connectivity index (χ4v) is 3.23. The third-order valence-electron chi connectivity index (χ3n) is 4.30. The van der Waals surface area contributed by atoms with Crippen molar-refractivity contribution in [1.29, 1.82) is 0 Å². The smallest absolute Gasteiger partial charge is 0.383 e. The summed E-state index contributed by atoms with van der Waals surface area (Å²) in [6.45, 7) is 0. The second-order valence-electron chi connectivity index (χ2n) is 6.18. The Balaban J connectivity index is 1.97. The molecule has 0 aliphatic heterocycles. The molecule has 0 aliphatic carbocycles. The maximum atomic E-state index is 14.2. The van der Waals surface area contributed by atoms with Gasteiger partial charge in [0.1, 0.15) is 23.0 Å². The minimum atomic E-state index is -4.73. The van der Waals surface area contributed by atoms with E-state index in [1.807, 2.05) is 0 Å². The number of hydrogen-bond donors (Lipinski definition) is 2. The van der Waals surface area contributed by atoms with Crippen LogP contribution in [0.1, 0.15) is 5.56 Å². The van der Waals surface area contributed by atoms with Gasteiger partial charge in [-0.1, -0.05) is 11.6 Å². The standard InChI is InChI=1S/C19H10ClF5N4/c20-12-2-1-9(21)7-11(12)10-3-4-27-17(26)15(10)18-28-14-6-8(19(23,24)25)5-13(22)16(14)29-18/h1-7H,(H2,26,27)(H,28,29). The van der Waals surface area contributed by atoms with Crippen LogP contribution in [0, 0.1) is 11.6 Å². The molecule has 2 heterocycles. The van der Waals surface area contributed by atoms with Gasteiger partial charge in [-0.05, 0) is 42.0 Å². The van der Waals surface area contributed by atoms with Crippen LogP contribution in [-0.4, -0.2) is 15.0 Å². The Morgan fingerprint density at radius 1 is 1.00 bits per heavy atom. The number of pyridine rings is 1. The van der Waals surface area contributed by atoms with Crippen LogP contribution in [-0.2, 0) is 6.18 Å². The van der Waals surface area contributed by atoms with E-state index in [-0.39, 0.29) is 38.8 Å². The van der Waals surface area contributed by atoms with Crippen LogP contribution >= 0.6 is 11.6 Å². The summed E-state index contributed by atoms with van der Waals surface area (Å²) in [5, 5.41) is 0.208. The van der Waals surface area contributed by atoms with Gasteiger partial charge in [-0.2, -0.15) is 13.2 Å². The van der Waals surface area contributed by atoms with Crippen molar-refractivity contribution in [1.82, 2.24) is 15.0 Å². The maximum Gasteiger partial charge on any atom is 0.416 e. The number of hydrogen-bond acceptors (Lipinski definition) is 3. The molecule has 29 heavy (non-hydrogen) atoms. The Hall–Kier alpha value is -3.20. The molecule has 10 heteroatoms. The first-order chi connectivity index (χ1) is 13.6. The number of rotatable bonds is 2. The lowest BCUT2D eigenvalue weighted by atomic mass is 10.00. The van der Waals surface area contributed by atoms with Crippen LogP contribution in [0.3, 0.4) is 0 Å². The fourth-order valence-electron chi connectivity index (χ4n) is 3.01. The van der Waals surface area contributed by atoms with Gasteiger partial charge in [0.25, 0.3) is 0 Å². The summed E-state index contributed by atoms with van der Waals surface area (Å²) in [6, 6.07) is 6.30. The van der Waals surface area contributed by atoms with Gasteiger partial charge in [-0.3, -0.25) is 0 Å². The van der Waals surface area contributed by atoms with Crippen molar-refractivity contribution in [3.8, 4) is 22.5 Å². The van der Waals surface area contributed by atoms with Gasteiger partial charge in [-0.25, -0.2) is 18.7 Å². The Morgan fingerprint density at radius 2 is 1.76 bits per heavy atom. The van der Waals surface area contributed by atoms with Crippen LogP contribution in [0.15, 0.2) is 42.6 Å². The number of benzene rings is 2. The first-order valence-corrected chi connectivity index (χ1v) is 8.49. The molecule has 0 aliphatic rings. The third kappa shape index (κ3) is 3.38. The van der Waals surface area contributed by atoms with Gasteiger partial charge in [0.15, 0.2) is 5.82 Å². The highest BCUT2D eigenvalue weighted by Crippen LogP contribution is 2.39. The zero-order valence-corrected chi connectivity index (χ0v) is 15.0. The van der Waals surface area contributed by atoms with Gasteiger partial charge >= 0.3 is 6.18 Å². The summed E-state index contributed by atoms with van der Waals surface area (Å²) in [5.74, 6) is -1.78. The number of halogens is 6. The van der Waals surface area contributed by atoms with Crippen molar-refractivity contribution in [3.05, 3.63) is 64.8 Å². The molecule has 0 amide bonds. The van der Waals surface area contributed by atoms with Crippen LogP contribution in [0.4, 0.5) is 27.8 Å². The molecule has 0 spiro atoms. The molecule has 0 atom stereocenters. The summed E-state index contributed by atoms with van der Waals surface area (Å²) in [4.78, 5) is 10.6. The summed E-state index contributed by atoms with van der Waals surface area (Å²) < 4.78 is 66.9. The molecule has 2 aromatic carbocycles. The molecule has 148 valence electrons. The Labute approximate surface area is 165 Å². The average Bonchev–Trinajstić information content (AvgIpc) is 3.07. The summed E-state index contributed by atoms with van der Waals surface area (Å²) in [7, 11) is 0. The lowest BCUT2D eigenvalue weighted by Crippen LogP contribution is -2.05. The van der Waals surface area contributed by atoms with Gasteiger partial charge < -0.3 is 10.7 Å². The Morgan fingerprint density at radius 3 is 2.48 bits per heavy atom. The normalized spacial score (nSPS) is 11.9. The van der Waals surface area contributed by atoms with Crippen molar-refractivity contribution in [2.75, 3.05) is 5.73 Å². The quantitative estimate of drug-likeness (QED) is 0.398. The topological polar surface area (TPSA) is 67.6 Å². The van der Waals surface area contributed by atoms with E-state index in [1.54, 1.807) is 0 Å². The Kier molecular flexibility index (Phi) is 4.42. The van der Waals surface area contributed by atoms with Gasteiger partial charge in [0, 0.05) is 16.8 Å². The van der Waals surface area contributed by atoms with Crippen LogP contribution in [0.5, 0.6) is 0 Å². The number of imidazole rings is 1. The third-order valence-corrected chi connectivity index (χ3v) is 4.63. The molecule has 0 saturated heterocycles. The lowest BCUT2D eigenvalue weighted by molar-refractivity contribution is -0.137. The van der Waals surface area contributed by atoms with Crippen molar-refractivity contribution in [3.63, 3.8) is 0 Å². The number of anilines is 1. The summed E-state index contributed by atoms with van der Waals surface area (Å²) in [5.41, 5.74) is 5.08.